The van der Waals surface area contributed by atoms with Crippen molar-refractivity contribution in [3.05, 3.63) is 48.0 Å². The number of benzene rings is 1. The molecule has 1 heterocycles. The topological polar surface area (TPSA) is 78.9 Å². The molecule has 6 heteroatoms. The summed E-state index contributed by atoms with van der Waals surface area (Å²) in [4.78, 5) is 27.1. The van der Waals surface area contributed by atoms with Gasteiger partial charge >= 0.3 is 6.09 Å². The van der Waals surface area contributed by atoms with Gasteiger partial charge in [-0.3, -0.25) is 4.79 Å². The third kappa shape index (κ3) is 6.09. The molecule has 0 aliphatic carbocycles. The highest BCUT2D eigenvalue weighted by molar-refractivity contribution is 5.87. The molecule has 1 aliphatic heterocycles. The first-order valence-corrected chi connectivity index (χ1v) is 9.83. The third-order valence-electron chi connectivity index (χ3n) is 4.83. The zero-order chi connectivity index (χ0) is 20.7. The number of piperidine rings is 1. The normalized spacial score (nSPS) is 23.1. The number of carbonyl (C=O) groups is 2. The summed E-state index contributed by atoms with van der Waals surface area (Å²) in [7, 11) is 0. The number of aliphatic hydroxyl groups excluding tert-OH is 1. The Kier molecular flexibility index (Phi) is 7.63. The summed E-state index contributed by atoms with van der Waals surface area (Å²) in [5, 5.41) is 11.7. The smallest absolute Gasteiger partial charge is 0.408 e. The van der Waals surface area contributed by atoms with Crippen LogP contribution >= 0.6 is 0 Å². The fourth-order valence-electron chi connectivity index (χ4n) is 3.49. The number of carbonyl (C=O) groups excluding carboxylic acids is 2. The van der Waals surface area contributed by atoms with Crippen LogP contribution in [0.15, 0.2) is 42.5 Å². The quantitative estimate of drug-likeness (QED) is 0.734. The van der Waals surface area contributed by atoms with Crippen molar-refractivity contribution in [2.24, 2.45) is 0 Å². The van der Waals surface area contributed by atoms with Crippen molar-refractivity contribution in [3.63, 3.8) is 0 Å². The largest absolute Gasteiger partial charge is 0.444 e. The molecule has 0 bridgehead atoms. The lowest BCUT2D eigenvalue weighted by Crippen LogP contribution is -2.58. The van der Waals surface area contributed by atoms with Crippen LogP contribution in [0.3, 0.4) is 0 Å². The Bertz CT molecular complexity index is 682. The molecule has 3 unspecified atom stereocenters. The highest BCUT2D eigenvalue weighted by Gasteiger charge is 2.40. The molecule has 1 saturated heterocycles. The zero-order valence-corrected chi connectivity index (χ0v) is 17.2. The molecule has 0 radical (unpaired) electrons. The maximum absolute atomic E-state index is 13.1. The first-order chi connectivity index (χ1) is 13.2. The van der Waals surface area contributed by atoms with Crippen LogP contribution in [0.5, 0.6) is 0 Å². The van der Waals surface area contributed by atoms with E-state index < -0.39 is 17.7 Å². The molecule has 3 atom stereocenters. The van der Waals surface area contributed by atoms with Crippen LogP contribution in [0.4, 0.5) is 4.79 Å². The Hall–Kier alpha value is -2.34. The number of nitrogens with one attached hydrogen (secondary N) is 1. The fraction of sp³-hybridized carbons (Fsp3) is 0.545. The van der Waals surface area contributed by atoms with Crippen molar-refractivity contribution < 1.29 is 19.4 Å². The van der Waals surface area contributed by atoms with E-state index in [1.165, 1.54) is 0 Å². The lowest BCUT2D eigenvalue weighted by atomic mass is 9.82. The van der Waals surface area contributed by atoms with Gasteiger partial charge in [-0.15, -0.1) is 0 Å². The van der Waals surface area contributed by atoms with Crippen LogP contribution in [0, 0.1) is 0 Å². The van der Waals surface area contributed by atoms with Crippen molar-refractivity contribution in [2.45, 2.75) is 64.1 Å². The number of likely N-dealkylation sites (tertiary alicyclic amines) is 1. The Morgan fingerprint density at radius 3 is 2.57 bits per heavy atom. The second-order valence-electron chi connectivity index (χ2n) is 8.17. The van der Waals surface area contributed by atoms with Gasteiger partial charge in [-0.1, -0.05) is 42.5 Å². The number of aliphatic hydroxyl groups is 1. The van der Waals surface area contributed by atoms with Crippen LogP contribution < -0.4 is 5.32 Å². The zero-order valence-electron chi connectivity index (χ0n) is 17.2. The van der Waals surface area contributed by atoms with Gasteiger partial charge in [0.2, 0.25) is 5.91 Å². The summed E-state index contributed by atoms with van der Waals surface area (Å²) < 4.78 is 5.34. The van der Waals surface area contributed by atoms with E-state index in [0.717, 1.165) is 5.56 Å². The lowest BCUT2D eigenvalue weighted by molar-refractivity contribution is -0.138. The van der Waals surface area contributed by atoms with Crippen molar-refractivity contribution >= 4 is 12.0 Å². The Labute approximate surface area is 167 Å². The first kappa shape index (κ1) is 22.0. The molecule has 1 aromatic carbocycles. The molecule has 28 heavy (non-hydrogen) atoms. The Morgan fingerprint density at radius 1 is 1.29 bits per heavy atom. The summed E-state index contributed by atoms with van der Waals surface area (Å²) >= 11 is 0. The van der Waals surface area contributed by atoms with E-state index in [-0.39, 0.29) is 24.5 Å². The molecule has 0 spiro atoms. The van der Waals surface area contributed by atoms with Gasteiger partial charge in [0.05, 0.1) is 0 Å². The summed E-state index contributed by atoms with van der Waals surface area (Å²) in [6.45, 7) is 7.94. The molecule has 6 nitrogen and oxygen atoms in total. The van der Waals surface area contributed by atoms with Gasteiger partial charge in [-0.2, -0.15) is 0 Å². The Balaban J connectivity index is 2.21. The van der Waals surface area contributed by atoms with E-state index in [4.69, 9.17) is 9.84 Å². The maximum Gasteiger partial charge on any atom is 0.408 e. The highest BCUT2D eigenvalue weighted by atomic mass is 16.6. The summed E-state index contributed by atoms with van der Waals surface area (Å²) in [5.74, 6) is -0.00994. The molecule has 0 aromatic heterocycles. The number of amides is 2. The minimum atomic E-state index is -0.637. The fourth-order valence-corrected chi connectivity index (χ4v) is 3.49. The van der Waals surface area contributed by atoms with E-state index in [9.17, 15) is 9.59 Å². The average Bonchev–Trinajstić information content (AvgIpc) is 2.62. The molecular formula is C22H32N2O4. The van der Waals surface area contributed by atoms with Gasteiger partial charge in [-0.25, -0.2) is 4.79 Å². The number of hydrogen-bond acceptors (Lipinski definition) is 4. The van der Waals surface area contributed by atoms with Crippen molar-refractivity contribution in [2.75, 3.05) is 13.2 Å². The van der Waals surface area contributed by atoms with Gasteiger partial charge in [0.1, 0.15) is 11.6 Å². The molecular weight excluding hydrogens is 356 g/mol. The van der Waals surface area contributed by atoms with Crippen molar-refractivity contribution in [3.8, 4) is 0 Å². The molecule has 2 amide bonds. The monoisotopic (exact) mass is 388 g/mol. The van der Waals surface area contributed by atoms with Gasteiger partial charge in [0.25, 0.3) is 0 Å². The molecule has 154 valence electrons. The van der Waals surface area contributed by atoms with Gasteiger partial charge in [0.15, 0.2) is 0 Å². The van der Waals surface area contributed by atoms with Crippen LogP contribution in [0.2, 0.25) is 0 Å². The Morgan fingerprint density at radius 2 is 1.96 bits per heavy atom. The molecule has 1 aromatic rings. The number of rotatable bonds is 6. The molecule has 2 N–H and O–H groups in total. The van der Waals surface area contributed by atoms with Gasteiger partial charge in [0, 0.05) is 25.1 Å². The second kappa shape index (κ2) is 9.73. The van der Waals surface area contributed by atoms with E-state index in [1.807, 2.05) is 37.3 Å². The number of nitrogens with zero attached hydrogens (tertiary/aromatic N) is 1. The highest BCUT2D eigenvalue weighted by Crippen LogP contribution is 2.33. The standard InChI is InChI=1S/C22H32N2O4/c1-16-18(17-11-7-5-8-12-17)15-19(23-21(27)28-22(2,3)4)20(26)24(16)13-9-6-10-14-25/h5-9,11-12,16,18-19,25H,10,13-15H2,1-4H3,(H,23,27)/b9-6+. The van der Waals surface area contributed by atoms with Crippen LogP contribution in [-0.2, 0) is 9.53 Å². The minimum Gasteiger partial charge on any atom is -0.444 e. The molecule has 2 rings (SSSR count). The minimum absolute atomic E-state index is 0.00892. The van der Waals surface area contributed by atoms with Crippen molar-refractivity contribution in [1.82, 2.24) is 10.2 Å². The number of hydrogen-bond donors (Lipinski definition) is 2. The maximum atomic E-state index is 13.1. The summed E-state index contributed by atoms with van der Waals surface area (Å²) in [6.07, 6.45) is 4.26. The van der Waals surface area contributed by atoms with Gasteiger partial charge < -0.3 is 20.1 Å². The van der Waals surface area contributed by atoms with E-state index in [2.05, 4.69) is 17.4 Å². The van der Waals surface area contributed by atoms with Crippen LogP contribution in [0.25, 0.3) is 0 Å². The lowest BCUT2D eigenvalue weighted by Gasteiger charge is -2.43. The molecule has 0 saturated carbocycles. The predicted molar refractivity (Wildman–Crippen MR) is 109 cm³/mol. The number of ether oxygens (including phenoxy) is 1. The second-order valence-corrected chi connectivity index (χ2v) is 8.17. The molecule has 1 fully saturated rings. The van der Waals surface area contributed by atoms with Crippen LogP contribution in [0.1, 0.15) is 52.0 Å². The summed E-state index contributed by atoms with van der Waals surface area (Å²) in [5.41, 5.74) is 0.517. The van der Waals surface area contributed by atoms with E-state index in [0.29, 0.717) is 19.4 Å². The van der Waals surface area contributed by atoms with Crippen molar-refractivity contribution in [1.29, 1.82) is 0 Å². The third-order valence-corrected chi connectivity index (χ3v) is 4.83. The number of alkyl carbamates (subject to hydrolysis) is 1. The average molecular weight is 389 g/mol. The van der Waals surface area contributed by atoms with E-state index in [1.54, 1.807) is 25.7 Å². The SMILES string of the molecule is CC1C(c2ccccc2)CC(NC(=O)OC(C)(C)C)C(=O)N1C/C=C/CCO. The van der Waals surface area contributed by atoms with E-state index >= 15 is 0 Å². The summed E-state index contributed by atoms with van der Waals surface area (Å²) in [6, 6.07) is 9.41. The van der Waals surface area contributed by atoms with Gasteiger partial charge in [-0.05, 0) is 46.1 Å². The van der Waals surface area contributed by atoms with Crippen LogP contribution in [-0.4, -0.2) is 52.8 Å². The molecule has 1 aliphatic rings. The predicted octanol–water partition coefficient (Wildman–Crippen LogP) is 3.22. The first-order valence-electron chi connectivity index (χ1n) is 9.83.